The summed E-state index contributed by atoms with van der Waals surface area (Å²) in [5.74, 6) is -1.49. The van der Waals surface area contributed by atoms with E-state index in [1.807, 2.05) is 42.5 Å². The number of hydrogen-bond acceptors (Lipinski definition) is 4. The van der Waals surface area contributed by atoms with Gasteiger partial charge < -0.3 is 15.2 Å². The maximum Gasteiger partial charge on any atom is 0.309 e. The van der Waals surface area contributed by atoms with Gasteiger partial charge in [-0.3, -0.25) is 14.4 Å². The Kier molecular flexibility index (Phi) is 8.26. The van der Waals surface area contributed by atoms with Crippen molar-refractivity contribution in [2.75, 3.05) is 6.61 Å². The summed E-state index contributed by atoms with van der Waals surface area (Å²) < 4.78 is 5.11. The number of ether oxygens (including phenoxy) is 1. The summed E-state index contributed by atoms with van der Waals surface area (Å²) in [6.45, 7) is 3.79. The van der Waals surface area contributed by atoms with Crippen LogP contribution in [0.25, 0.3) is 11.1 Å². The van der Waals surface area contributed by atoms with E-state index in [4.69, 9.17) is 4.74 Å². The molecule has 6 nitrogen and oxygen atoms in total. The molecule has 1 amide bonds. The fourth-order valence-electron chi connectivity index (χ4n) is 4.39. The molecule has 1 aliphatic rings. The number of nitrogens with one attached hydrogen (secondary N) is 1. The van der Waals surface area contributed by atoms with Gasteiger partial charge in [-0.25, -0.2) is 0 Å². The van der Waals surface area contributed by atoms with Crippen LogP contribution in [0.3, 0.4) is 0 Å². The average Bonchev–Trinajstić information content (AvgIpc) is 2.80. The second kappa shape index (κ2) is 11.1. The summed E-state index contributed by atoms with van der Waals surface area (Å²) >= 11 is 0. The molecule has 0 unspecified atom stereocenters. The van der Waals surface area contributed by atoms with E-state index < -0.39 is 11.4 Å². The van der Waals surface area contributed by atoms with E-state index in [-0.39, 0.29) is 30.3 Å². The van der Waals surface area contributed by atoms with Crippen LogP contribution >= 0.6 is 0 Å². The third kappa shape index (κ3) is 6.67. The van der Waals surface area contributed by atoms with Crippen LogP contribution in [0.15, 0.2) is 54.6 Å². The van der Waals surface area contributed by atoms with Gasteiger partial charge in [0.2, 0.25) is 5.91 Å². The lowest BCUT2D eigenvalue weighted by Crippen LogP contribution is -2.44. The first kappa shape index (κ1) is 24.5. The molecule has 1 aliphatic carbocycles. The first-order valence-corrected chi connectivity index (χ1v) is 11.6. The van der Waals surface area contributed by atoms with Gasteiger partial charge in [-0.2, -0.15) is 0 Å². The minimum Gasteiger partial charge on any atom is -0.481 e. The van der Waals surface area contributed by atoms with E-state index in [9.17, 15) is 19.5 Å². The van der Waals surface area contributed by atoms with Crippen molar-refractivity contribution in [3.8, 4) is 11.1 Å². The summed E-state index contributed by atoms with van der Waals surface area (Å²) in [4.78, 5) is 36.6. The molecule has 33 heavy (non-hydrogen) atoms. The van der Waals surface area contributed by atoms with Crippen LogP contribution in [0.4, 0.5) is 0 Å². The summed E-state index contributed by atoms with van der Waals surface area (Å²) in [6.07, 6.45) is 2.63. The van der Waals surface area contributed by atoms with E-state index in [1.165, 1.54) is 0 Å². The molecule has 2 aromatic carbocycles. The minimum atomic E-state index is -0.805. The lowest BCUT2D eigenvalue weighted by atomic mass is 9.71. The lowest BCUT2D eigenvalue weighted by Gasteiger charge is -2.33. The van der Waals surface area contributed by atoms with Crippen LogP contribution in [-0.2, 0) is 25.5 Å². The molecule has 3 rings (SSSR count). The van der Waals surface area contributed by atoms with Crippen molar-refractivity contribution < 1.29 is 24.2 Å². The molecule has 2 aromatic rings. The molecule has 0 radical (unpaired) electrons. The Balaban J connectivity index is 1.65. The van der Waals surface area contributed by atoms with Crippen LogP contribution in [0, 0.1) is 11.3 Å². The van der Waals surface area contributed by atoms with Crippen molar-refractivity contribution in [2.24, 2.45) is 11.3 Å². The second-order valence-corrected chi connectivity index (χ2v) is 9.12. The SMILES string of the molecule is CCOC(=O)C[C@@H](Cc1ccc(-c2ccccc2)cc1)NC(=O)C1CCC(C)(C(=O)O)CC1. The summed E-state index contributed by atoms with van der Waals surface area (Å²) in [5, 5.41) is 12.5. The molecular formula is C27H33NO5. The van der Waals surface area contributed by atoms with E-state index in [1.54, 1.807) is 13.8 Å². The number of esters is 1. The second-order valence-electron chi connectivity index (χ2n) is 9.12. The third-order valence-corrected chi connectivity index (χ3v) is 6.58. The zero-order chi connectivity index (χ0) is 23.8. The monoisotopic (exact) mass is 451 g/mol. The third-order valence-electron chi connectivity index (χ3n) is 6.58. The van der Waals surface area contributed by atoms with E-state index >= 15 is 0 Å². The number of rotatable bonds is 9. The molecule has 0 aliphatic heterocycles. The fraction of sp³-hybridized carbons (Fsp3) is 0.444. The van der Waals surface area contributed by atoms with E-state index in [2.05, 4.69) is 17.4 Å². The van der Waals surface area contributed by atoms with Crippen molar-refractivity contribution in [1.82, 2.24) is 5.32 Å². The molecule has 0 bridgehead atoms. The van der Waals surface area contributed by atoms with Crippen LogP contribution in [0.1, 0.15) is 51.5 Å². The van der Waals surface area contributed by atoms with Crippen molar-refractivity contribution >= 4 is 17.8 Å². The first-order chi connectivity index (χ1) is 15.8. The lowest BCUT2D eigenvalue weighted by molar-refractivity contribution is -0.151. The number of aliphatic carboxylic acids is 1. The highest BCUT2D eigenvalue weighted by molar-refractivity contribution is 5.81. The van der Waals surface area contributed by atoms with Gasteiger partial charge in [0.25, 0.3) is 0 Å². The van der Waals surface area contributed by atoms with Crippen molar-refractivity contribution in [3.63, 3.8) is 0 Å². The fourth-order valence-corrected chi connectivity index (χ4v) is 4.39. The Labute approximate surface area is 195 Å². The van der Waals surface area contributed by atoms with E-state index in [0.29, 0.717) is 38.7 Å². The van der Waals surface area contributed by atoms with Gasteiger partial charge in [0, 0.05) is 12.0 Å². The zero-order valence-corrected chi connectivity index (χ0v) is 19.4. The molecule has 0 aromatic heterocycles. The quantitative estimate of drug-likeness (QED) is 0.543. The average molecular weight is 452 g/mol. The van der Waals surface area contributed by atoms with Crippen LogP contribution in [-0.4, -0.2) is 35.6 Å². The number of carboxylic acids is 1. The van der Waals surface area contributed by atoms with Gasteiger partial charge >= 0.3 is 11.9 Å². The molecule has 1 fully saturated rings. The number of carbonyl (C=O) groups excluding carboxylic acids is 2. The van der Waals surface area contributed by atoms with Gasteiger partial charge in [0.05, 0.1) is 18.4 Å². The smallest absolute Gasteiger partial charge is 0.309 e. The molecule has 2 N–H and O–H groups in total. The molecule has 0 heterocycles. The molecule has 6 heteroatoms. The Bertz CT molecular complexity index is 946. The Hall–Kier alpha value is -3.15. The Morgan fingerprint density at radius 2 is 1.64 bits per heavy atom. The van der Waals surface area contributed by atoms with Gasteiger partial charge in [-0.05, 0) is 62.6 Å². The van der Waals surface area contributed by atoms with Gasteiger partial charge in [-0.1, -0.05) is 54.6 Å². The van der Waals surface area contributed by atoms with Crippen LogP contribution in [0.5, 0.6) is 0 Å². The van der Waals surface area contributed by atoms with Crippen molar-refractivity contribution in [3.05, 3.63) is 60.2 Å². The summed E-state index contributed by atoms with van der Waals surface area (Å²) in [6, 6.07) is 17.8. The maximum atomic E-state index is 12.9. The largest absolute Gasteiger partial charge is 0.481 e. The molecule has 176 valence electrons. The minimum absolute atomic E-state index is 0.0968. The topological polar surface area (TPSA) is 92.7 Å². The van der Waals surface area contributed by atoms with Gasteiger partial charge in [0.15, 0.2) is 0 Å². The maximum absolute atomic E-state index is 12.9. The van der Waals surface area contributed by atoms with Crippen LogP contribution < -0.4 is 5.32 Å². The number of hydrogen-bond donors (Lipinski definition) is 2. The highest BCUT2D eigenvalue weighted by atomic mass is 16.5. The molecular weight excluding hydrogens is 418 g/mol. The number of carbonyl (C=O) groups is 3. The predicted octanol–water partition coefficient (Wildman–Crippen LogP) is 4.62. The Morgan fingerprint density at radius 3 is 2.21 bits per heavy atom. The number of carboxylic acid groups (broad SMARTS) is 1. The number of benzene rings is 2. The normalized spacial score (nSPS) is 21.1. The zero-order valence-electron chi connectivity index (χ0n) is 19.4. The van der Waals surface area contributed by atoms with Gasteiger partial charge in [-0.15, -0.1) is 0 Å². The van der Waals surface area contributed by atoms with Gasteiger partial charge in [0.1, 0.15) is 0 Å². The Morgan fingerprint density at radius 1 is 1.03 bits per heavy atom. The van der Waals surface area contributed by atoms with E-state index in [0.717, 1.165) is 16.7 Å². The predicted molar refractivity (Wildman–Crippen MR) is 126 cm³/mol. The molecule has 1 saturated carbocycles. The number of amides is 1. The van der Waals surface area contributed by atoms with Crippen molar-refractivity contribution in [1.29, 1.82) is 0 Å². The van der Waals surface area contributed by atoms with Crippen LogP contribution in [0.2, 0.25) is 0 Å². The molecule has 1 atom stereocenters. The summed E-state index contributed by atoms with van der Waals surface area (Å²) in [5.41, 5.74) is 2.49. The molecule has 0 saturated heterocycles. The van der Waals surface area contributed by atoms with Crippen molar-refractivity contribution in [2.45, 2.75) is 58.4 Å². The standard InChI is InChI=1S/C27H33NO5/c1-3-33-24(29)18-23(28-25(30)22-13-15-27(2,16-14-22)26(31)32)17-19-9-11-21(12-10-19)20-7-5-4-6-8-20/h4-12,22-23H,3,13-18H2,1-2H3,(H,28,30)(H,31,32)/t22?,23-,27?/m1/s1. The highest BCUT2D eigenvalue weighted by Gasteiger charge is 2.39. The molecule has 0 spiro atoms. The first-order valence-electron chi connectivity index (χ1n) is 11.6. The summed E-state index contributed by atoms with van der Waals surface area (Å²) in [7, 11) is 0. The highest BCUT2D eigenvalue weighted by Crippen LogP contribution is 2.39.